The summed E-state index contributed by atoms with van der Waals surface area (Å²) in [5.41, 5.74) is 4.04. The maximum absolute atomic E-state index is 15.3. The van der Waals surface area contributed by atoms with Crippen LogP contribution in [0.15, 0.2) is 60.7 Å². The number of hydrogen-bond acceptors (Lipinski definition) is 5. The zero-order valence-electron chi connectivity index (χ0n) is 17.2. The van der Waals surface area contributed by atoms with Crippen molar-refractivity contribution in [2.45, 2.75) is 20.5 Å². The van der Waals surface area contributed by atoms with Crippen molar-refractivity contribution in [1.29, 1.82) is 0 Å². The van der Waals surface area contributed by atoms with Gasteiger partial charge in [0.15, 0.2) is 11.5 Å². The van der Waals surface area contributed by atoms with Gasteiger partial charge in [-0.3, -0.25) is 0 Å². The summed E-state index contributed by atoms with van der Waals surface area (Å²) in [6.07, 6.45) is 0. The van der Waals surface area contributed by atoms with Crippen LogP contribution in [-0.4, -0.2) is 27.7 Å². The summed E-state index contributed by atoms with van der Waals surface area (Å²) >= 11 is 0. The molecule has 0 spiro atoms. The van der Waals surface area contributed by atoms with Crippen LogP contribution in [0.5, 0.6) is 0 Å². The highest BCUT2D eigenvalue weighted by Gasteiger charge is 2.22. The van der Waals surface area contributed by atoms with Gasteiger partial charge in [0.25, 0.3) is 0 Å². The van der Waals surface area contributed by atoms with Crippen molar-refractivity contribution in [2.75, 3.05) is 6.61 Å². The van der Waals surface area contributed by atoms with Crippen LogP contribution < -0.4 is 0 Å². The molecule has 0 radical (unpaired) electrons. The lowest BCUT2D eigenvalue weighted by atomic mass is 9.96. The first kappa shape index (κ1) is 20.6. The first-order chi connectivity index (χ1) is 15.0. The molecule has 4 aromatic rings. The van der Waals surface area contributed by atoms with Crippen LogP contribution in [0.2, 0.25) is 0 Å². The molecule has 0 amide bonds. The molecule has 0 unspecified atom stereocenters. The van der Waals surface area contributed by atoms with Gasteiger partial charge >= 0.3 is 5.97 Å². The molecule has 0 fully saturated rings. The molecule has 4 rings (SSSR count). The number of carbonyl (C=O) groups is 1. The summed E-state index contributed by atoms with van der Waals surface area (Å²) in [7, 11) is 0. The van der Waals surface area contributed by atoms with Gasteiger partial charge in [0.05, 0.1) is 18.9 Å². The molecule has 0 saturated carbocycles. The number of benzene rings is 2. The molecule has 0 bridgehead atoms. The highest BCUT2D eigenvalue weighted by atomic mass is 19.1. The van der Waals surface area contributed by atoms with Gasteiger partial charge < -0.3 is 9.84 Å². The largest absolute Gasteiger partial charge is 0.461 e. The van der Waals surface area contributed by atoms with Crippen LogP contribution in [0.3, 0.4) is 0 Å². The van der Waals surface area contributed by atoms with Crippen LogP contribution in [-0.2, 0) is 11.3 Å². The number of rotatable bonds is 5. The number of aliphatic hydroxyl groups is 1. The number of aromatic nitrogens is 2. The minimum absolute atomic E-state index is 0.0662. The molecule has 1 N–H and O–H groups in total. The first-order valence-corrected chi connectivity index (χ1v) is 9.97. The third-order valence-corrected chi connectivity index (χ3v) is 5.07. The minimum atomic E-state index is -0.812. The second-order valence-electron chi connectivity index (χ2n) is 7.08. The number of fused-ring (bicyclic) bond motifs is 1. The summed E-state index contributed by atoms with van der Waals surface area (Å²) < 4.78 is 20.3. The third-order valence-electron chi connectivity index (χ3n) is 5.07. The maximum atomic E-state index is 15.3. The van der Waals surface area contributed by atoms with Gasteiger partial charge in [-0.2, -0.15) is 0 Å². The van der Waals surface area contributed by atoms with Crippen LogP contribution in [0.25, 0.3) is 33.3 Å². The molecule has 156 valence electrons. The Hall–Kier alpha value is -3.64. The van der Waals surface area contributed by atoms with Crippen molar-refractivity contribution in [2.24, 2.45) is 0 Å². The van der Waals surface area contributed by atoms with Crippen molar-refractivity contribution in [3.05, 3.63) is 83.4 Å². The topological polar surface area (TPSA) is 72.3 Å². The number of hydrogen-bond donors (Lipinski definition) is 1. The fraction of sp³-hybridized carbons (Fsp3) is 0.160. The minimum Gasteiger partial charge on any atom is -0.461 e. The summed E-state index contributed by atoms with van der Waals surface area (Å²) in [5, 5.41) is 9.88. The summed E-state index contributed by atoms with van der Waals surface area (Å²) in [4.78, 5) is 21.0. The third kappa shape index (κ3) is 3.90. The van der Waals surface area contributed by atoms with Gasteiger partial charge in [-0.05, 0) is 31.0 Å². The Morgan fingerprint density at radius 2 is 1.74 bits per heavy atom. The van der Waals surface area contributed by atoms with Crippen molar-refractivity contribution < 1.29 is 19.0 Å². The number of ether oxygens (including phenoxy) is 1. The summed E-state index contributed by atoms with van der Waals surface area (Å²) in [5.74, 6) is -1.61. The Kier molecular flexibility index (Phi) is 5.73. The number of aliphatic hydroxyl groups excluding tert-OH is 1. The number of carbonyl (C=O) groups excluding carboxylic acids is 1. The number of esters is 1. The van der Waals surface area contributed by atoms with Gasteiger partial charge in [-0.25, -0.2) is 19.2 Å². The van der Waals surface area contributed by atoms with Gasteiger partial charge in [-0.15, -0.1) is 0 Å². The Balaban J connectivity index is 2.02. The summed E-state index contributed by atoms with van der Waals surface area (Å²) in [6.45, 7) is 3.43. The Bertz CT molecular complexity index is 1260. The molecule has 0 aliphatic carbocycles. The van der Waals surface area contributed by atoms with E-state index < -0.39 is 11.8 Å². The predicted octanol–water partition coefficient (Wildman–Crippen LogP) is 5.08. The molecule has 2 heterocycles. The number of nitrogens with zero attached hydrogens (tertiary/aromatic N) is 2. The Morgan fingerprint density at radius 3 is 2.39 bits per heavy atom. The average Bonchev–Trinajstić information content (AvgIpc) is 2.81. The molecule has 31 heavy (non-hydrogen) atoms. The Morgan fingerprint density at radius 1 is 1.03 bits per heavy atom. The number of pyridine rings is 2. The van der Waals surface area contributed by atoms with E-state index >= 15 is 4.39 Å². The summed E-state index contributed by atoms with van der Waals surface area (Å²) in [6, 6.07) is 18.8. The van der Waals surface area contributed by atoms with Crippen molar-refractivity contribution >= 4 is 16.9 Å². The quantitative estimate of drug-likeness (QED) is 0.459. The molecule has 0 aliphatic rings. The zero-order valence-corrected chi connectivity index (χ0v) is 17.2. The highest BCUT2D eigenvalue weighted by Crippen LogP contribution is 2.35. The molecule has 6 heteroatoms. The molecule has 5 nitrogen and oxygen atoms in total. The van der Waals surface area contributed by atoms with Crippen LogP contribution in [0.1, 0.15) is 28.7 Å². The molecule has 0 aliphatic heterocycles. The van der Waals surface area contributed by atoms with E-state index in [4.69, 9.17) is 4.74 Å². The lowest BCUT2D eigenvalue weighted by Gasteiger charge is -2.14. The lowest BCUT2D eigenvalue weighted by molar-refractivity contribution is 0.0513. The highest BCUT2D eigenvalue weighted by molar-refractivity contribution is 5.97. The van der Waals surface area contributed by atoms with Crippen LogP contribution in [0.4, 0.5) is 4.39 Å². The van der Waals surface area contributed by atoms with E-state index in [0.29, 0.717) is 16.8 Å². The molecule has 2 aromatic heterocycles. The molecule has 0 atom stereocenters. The van der Waals surface area contributed by atoms with Crippen molar-refractivity contribution in [1.82, 2.24) is 9.97 Å². The van der Waals surface area contributed by atoms with Crippen molar-refractivity contribution in [3.63, 3.8) is 0 Å². The van der Waals surface area contributed by atoms with E-state index in [2.05, 4.69) is 9.97 Å². The van der Waals surface area contributed by atoms with Gasteiger partial charge in [0.1, 0.15) is 5.52 Å². The van der Waals surface area contributed by atoms with Gasteiger partial charge in [0.2, 0.25) is 0 Å². The van der Waals surface area contributed by atoms with Gasteiger partial charge in [-0.1, -0.05) is 54.6 Å². The SMILES string of the molecule is CCOC(=O)c1nc(C)c2cc(-c3ccccc3)c(-c3ccc(CO)cc3)nc2c1F. The van der Waals surface area contributed by atoms with E-state index in [1.54, 1.807) is 26.0 Å². The Labute approximate surface area is 179 Å². The lowest BCUT2D eigenvalue weighted by Crippen LogP contribution is -2.12. The van der Waals surface area contributed by atoms with Gasteiger partial charge in [0, 0.05) is 22.2 Å². The molecule has 2 aromatic carbocycles. The normalized spacial score (nSPS) is 11.0. The average molecular weight is 416 g/mol. The zero-order chi connectivity index (χ0) is 22.0. The van der Waals surface area contributed by atoms with E-state index in [0.717, 1.165) is 22.3 Å². The van der Waals surface area contributed by atoms with E-state index in [-0.39, 0.29) is 24.4 Å². The fourth-order valence-corrected chi connectivity index (χ4v) is 3.51. The maximum Gasteiger partial charge on any atom is 0.360 e. The standard InChI is InChI=1S/C25H21FN2O3/c1-3-31-25(30)24-21(26)23-19(15(2)27-24)13-20(17-7-5-4-6-8-17)22(28-23)18-11-9-16(14-29)10-12-18/h4-13,29H,3,14H2,1-2H3. The smallest absolute Gasteiger partial charge is 0.360 e. The van der Waals surface area contributed by atoms with Crippen molar-refractivity contribution in [3.8, 4) is 22.4 Å². The predicted molar refractivity (Wildman–Crippen MR) is 117 cm³/mol. The number of halogens is 1. The molecular weight excluding hydrogens is 395 g/mol. The number of aryl methyl sites for hydroxylation is 1. The second-order valence-corrected chi connectivity index (χ2v) is 7.08. The first-order valence-electron chi connectivity index (χ1n) is 9.97. The van der Waals surface area contributed by atoms with Crippen LogP contribution in [0, 0.1) is 12.7 Å². The van der Waals surface area contributed by atoms with E-state index in [1.165, 1.54) is 0 Å². The fourth-order valence-electron chi connectivity index (χ4n) is 3.51. The molecule has 0 saturated heterocycles. The molecular formula is C25H21FN2O3. The van der Waals surface area contributed by atoms with Crippen LogP contribution >= 0.6 is 0 Å². The van der Waals surface area contributed by atoms with E-state index in [9.17, 15) is 9.90 Å². The monoisotopic (exact) mass is 416 g/mol. The van der Waals surface area contributed by atoms with E-state index in [1.807, 2.05) is 48.5 Å². The second kappa shape index (κ2) is 8.62.